The van der Waals surface area contributed by atoms with Gasteiger partial charge in [-0.2, -0.15) is 0 Å². The summed E-state index contributed by atoms with van der Waals surface area (Å²) in [5, 5.41) is 2.14. The highest BCUT2D eigenvalue weighted by Gasteiger charge is 2.41. The Morgan fingerprint density at radius 2 is 1.71 bits per heavy atom. The molecule has 1 unspecified atom stereocenters. The van der Waals surface area contributed by atoms with Crippen LogP contribution < -0.4 is 10.2 Å². The molecule has 1 N–H and O–H groups in total. The van der Waals surface area contributed by atoms with E-state index in [0.29, 0.717) is 11.8 Å². The van der Waals surface area contributed by atoms with E-state index >= 15 is 0 Å². The number of nitrogens with one attached hydrogen (secondary N) is 1. The summed E-state index contributed by atoms with van der Waals surface area (Å²) >= 11 is 0. The smallest absolute Gasteiger partial charge is 0.277 e. The molecule has 2 aromatic carbocycles. The van der Waals surface area contributed by atoms with Gasteiger partial charge in [-0.3, -0.25) is 15.0 Å². The highest BCUT2D eigenvalue weighted by Crippen LogP contribution is 2.32. The topological polar surface area (TPSA) is 49.4 Å². The number of carbonyl (C=O) groups excluding carboxylic acids is 2. The summed E-state index contributed by atoms with van der Waals surface area (Å²) in [7, 11) is 0. The van der Waals surface area contributed by atoms with Gasteiger partial charge in [0.25, 0.3) is 5.91 Å². The zero-order valence-corrected chi connectivity index (χ0v) is 10.7. The maximum atomic E-state index is 13.9. The molecule has 0 aliphatic carbocycles. The van der Waals surface area contributed by atoms with Gasteiger partial charge in [0.15, 0.2) is 0 Å². The molecule has 1 aliphatic heterocycles. The van der Waals surface area contributed by atoms with Crippen LogP contribution >= 0.6 is 0 Å². The van der Waals surface area contributed by atoms with Crippen LogP contribution in [0, 0.1) is 11.6 Å². The SMILES string of the molecule is O=C1NC(=O)N(c2ccccc2)C1c1ccc(F)cc1F. The zero-order chi connectivity index (χ0) is 15.0. The van der Waals surface area contributed by atoms with Gasteiger partial charge in [0.05, 0.1) is 0 Å². The number of halogens is 2. The van der Waals surface area contributed by atoms with Gasteiger partial charge in [-0.1, -0.05) is 24.3 Å². The lowest BCUT2D eigenvalue weighted by molar-refractivity contribution is -0.120. The Bertz CT molecular complexity index is 719. The molecule has 3 amide bonds. The molecular formula is C15H10F2N2O2. The second-order valence-corrected chi connectivity index (χ2v) is 4.57. The highest BCUT2D eigenvalue weighted by molar-refractivity contribution is 6.14. The molecule has 21 heavy (non-hydrogen) atoms. The number of hydrogen-bond acceptors (Lipinski definition) is 2. The van der Waals surface area contributed by atoms with Crippen molar-refractivity contribution in [2.45, 2.75) is 6.04 Å². The van der Waals surface area contributed by atoms with E-state index in [1.807, 2.05) is 0 Å². The van der Waals surface area contributed by atoms with E-state index in [0.717, 1.165) is 11.0 Å². The van der Waals surface area contributed by atoms with E-state index in [-0.39, 0.29) is 5.56 Å². The Kier molecular flexibility index (Phi) is 3.13. The summed E-state index contributed by atoms with van der Waals surface area (Å²) in [5.74, 6) is -2.26. The molecule has 0 aromatic heterocycles. The number of urea groups is 1. The van der Waals surface area contributed by atoms with Gasteiger partial charge in [-0.25, -0.2) is 13.6 Å². The average molecular weight is 288 g/mol. The maximum Gasteiger partial charge on any atom is 0.329 e. The van der Waals surface area contributed by atoms with Gasteiger partial charge >= 0.3 is 6.03 Å². The predicted molar refractivity (Wildman–Crippen MR) is 71.6 cm³/mol. The van der Waals surface area contributed by atoms with Crippen LogP contribution in [0.3, 0.4) is 0 Å². The summed E-state index contributed by atoms with van der Waals surface area (Å²) in [6.07, 6.45) is 0. The molecule has 1 fully saturated rings. The molecule has 106 valence electrons. The summed E-state index contributed by atoms with van der Waals surface area (Å²) in [6, 6.07) is 9.54. The van der Waals surface area contributed by atoms with Crippen LogP contribution in [0.15, 0.2) is 48.5 Å². The normalized spacial score (nSPS) is 18.0. The fourth-order valence-electron chi connectivity index (χ4n) is 2.33. The molecule has 1 saturated heterocycles. The second-order valence-electron chi connectivity index (χ2n) is 4.57. The van der Waals surface area contributed by atoms with E-state index in [4.69, 9.17) is 0 Å². The van der Waals surface area contributed by atoms with Crippen LogP contribution in [-0.2, 0) is 4.79 Å². The molecular weight excluding hydrogens is 278 g/mol. The van der Waals surface area contributed by atoms with Crippen molar-refractivity contribution >= 4 is 17.6 Å². The number of imide groups is 1. The highest BCUT2D eigenvalue weighted by atomic mass is 19.1. The van der Waals surface area contributed by atoms with Crippen molar-refractivity contribution in [1.82, 2.24) is 5.32 Å². The number of anilines is 1. The Hall–Kier alpha value is -2.76. The minimum atomic E-state index is -1.15. The Morgan fingerprint density at radius 3 is 2.38 bits per heavy atom. The van der Waals surface area contributed by atoms with E-state index in [9.17, 15) is 18.4 Å². The molecule has 0 radical (unpaired) electrons. The van der Waals surface area contributed by atoms with Gasteiger partial charge in [0.1, 0.15) is 17.7 Å². The van der Waals surface area contributed by atoms with Crippen molar-refractivity contribution in [2.24, 2.45) is 0 Å². The van der Waals surface area contributed by atoms with Gasteiger partial charge < -0.3 is 0 Å². The summed E-state index contributed by atoms with van der Waals surface area (Å²) in [4.78, 5) is 25.1. The van der Waals surface area contributed by atoms with Crippen molar-refractivity contribution in [3.8, 4) is 0 Å². The number of para-hydroxylation sites is 1. The lowest BCUT2D eigenvalue weighted by atomic mass is 10.0. The van der Waals surface area contributed by atoms with E-state index in [1.54, 1.807) is 30.3 Å². The van der Waals surface area contributed by atoms with Crippen molar-refractivity contribution in [1.29, 1.82) is 0 Å². The first-order valence-corrected chi connectivity index (χ1v) is 6.22. The van der Waals surface area contributed by atoms with E-state index in [1.165, 1.54) is 6.07 Å². The number of carbonyl (C=O) groups is 2. The average Bonchev–Trinajstić information content (AvgIpc) is 2.74. The number of benzene rings is 2. The fraction of sp³-hybridized carbons (Fsp3) is 0.0667. The lowest BCUT2D eigenvalue weighted by Gasteiger charge is -2.22. The third kappa shape index (κ3) is 2.24. The Morgan fingerprint density at radius 1 is 1.00 bits per heavy atom. The van der Waals surface area contributed by atoms with Crippen LogP contribution in [-0.4, -0.2) is 11.9 Å². The van der Waals surface area contributed by atoms with Crippen molar-refractivity contribution in [2.75, 3.05) is 4.90 Å². The maximum absolute atomic E-state index is 13.9. The third-order valence-corrected chi connectivity index (χ3v) is 3.25. The van der Waals surface area contributed by atoms with Crippen LogP contribution in [0.1, 0.15) is 11.6 Å². The summed E-state index contributed by atoms with van der Waals surface area (Å²) in [5.41, 5.74) is 0.401. The molecule has 1 aliphatic rings. The summed E-state index contributed by atoms with van der Waals surface area (Å²) < 4.78 is 26.9. The standard InChI is InChI=1S/C15H10F2N2O2/c16-9-6-7-11(12(17)8-9)13-14(20)18-15(21)19(13)10-4-2-1-3-5-10/h1-8,13H,(H,18,20,21). The molecule has 0 bridgehead atoms. The number of hydrogen-bond donors (Lipinski definition) is 1. The molecule has 2 aromatic rings. The molecule has 1 heterocycles. The Labute approximate surface area is 119 Å². The first-order valence-electron chi connectivity index (χ1n) is 6.22. The zero-order valence-electron chi connectivity index (χ0n) is 10.7. The first kappa shape index (κ1) is 13.2. The van der Waals surface area contributed by atoms with Crippen molar-refractivity contribution in [3.05, 3.63) is 65.7 Å². The molecule has 0 spiro atoms. The number of rotatable bonds is 2. The lowest BCUT2D eigenvalue weighted by Crippen LogP contribution is -2.30. The van der Waals surface area contributed by atoms with Crippen LogP contribution in [0.5, 0.6) is 0 Å². The number of nitrogens with zero attached hydrogens (tertiary/aromatic N) is 1. The predicted octanol–water partition coefficient (Wildman–Crippen LogP) is 2.76. The van der Waals surface area contributed by atoms with E-state index in [2.05, 4.69) is 5.32 Å². The monoisotopic (exact) mass is 288 g/mol. The minimum Gasteiger partial charge on any atom is -0.277 e. The quantitative estimate of drug-likeness (QED) is 0.864. The van der Waals surface area contributed by atoms with Crippen LogP contribution in [0.2, 0.25) is 0 Å². The second kappa shape index (κ2) is 4.97. The molecule has 1 atom stereocenters. The largest absolute Gasteiger partial charge is 0.329 e. The van der Waals surface area contributed by atoms with Crippen LogP contribution in [0.25, 0.3) is 0 Å². The molecule has 4 nitrogen and oxygen atoms in total. The van der Waals surface area contributed by atoms with Crippen molar-refractivity contribution < 1.29 is 18.4 Å². The van der Waals surface area contributed by atoms with Gasteiger partial charge in [-0.15, -0.1) is 0 Å². The minimum absolute atomic E-state index is 0.0522. The third-order valence-electron chi connectivity index (χ3n) is 3.25. The van der Waals surface area contributed by atoms with Gasteiger partial charge in [0.2, 0.25) is 0 Å². The van der Waals surface area contributed by atoms with Gasteiger partial charge in [0, 0.05) is 17.3 Å². The van der Waals surface area contributed by atoms with E-state index < -0.39 is 29.6 Å². The number of amides is 3. The summed E-state index contributed by atoms with van der Waals surface area (Å²) in [6.45, 7) is 0. The molecule has 3 rings (SSSR count). The molecule has 6 heteroatoms. The Balaban J connectivity index is 2.10. The fourth-order valence-corrected chi connectivity index (χ4v) is 2.33. The first-order chi connectivity index (χ1) is 10.1. The van der Waals surface area contributed by atoms with Gasteiger partial charge in [-0.05, 0) is 18.2 Å². The van der Waals surface area contributed by atoms with Crippen molar-refractivity contribution in [3.63, 3.8) is 0 Å². The molecule has 0 saturated carbocycles. The van der Waals surface area contributed by atoms with Crippen LogP contribution in [0.4, 0.5) is 19.3 Å².